The van der Waals surface area contributed by atoms with Crippen molar-refractivity contribution in [1.29, 1.82) is 0 Å². The summed E-state index contributed by atoms with van der Waals surface area (Å²) in [5.41, 5.74) is 0.560. The summed E-state index contributed by atoms with van der Waals surface area (Å²) in [4.78, 5) is 13.0. The zero-order valence-electron chi connectivity index (χ0n) is 13.1. The summed E-state index contributed by atoms with van der Waals surface area (Å²) in [6.45, 7) is 1.29. The molecule has 1 aromatic rings. The van der Waals surface area contributed by atoms with E-state index in [4.69, 9.17) is 4.74 Å². The SMILES string of the molecule is CCOC(=O)[C@@H]1[C@@H](O)[C@@H](O)C[C@@H](C(F)(F)F)N1Cc1ccccc1. The van der Waals surface area contributed by atoms with Gasteiger partial charge in [-0.25, -0.2) is 0 Å². The van der Waals surface area contributed by atoms with E-state index in [0.717, 1.165) is 4.90 Å². The fourth-order valence-electron chi connectivity index (χ4n) is 2.93. The van der Waals surface area contributed by atoms with E-state index < -0.39 is 42.9 Å². The third kappa shape index (κ3) is 4.06. The molecular formula is C16H20F3NO4. The summed E-state index contributed by atoms with van der Waals surface area (Å²) >= 11 is 0. The second-order valence-electron chi connectivity index (χ2n) is 5.71. The number of aliphatic hydroxyl groups excluding tert-OH is 2. The van der Waals surface area contributed by atoms with E-state index in [0.29, 0.717) is 5.56 Å². The number of alkyl halides is 3. The molecule has 1 aliphatic rings. The van der Waals surface area contributed by atoms with Crippen molar-refractivity contribution in [2.24, 2.45) is 0 Å². The Balaban J connectivity index is 2.38. The number of piperidine rings is 1. The van der Waals surface area contributed by atoms with Gasteiger partial charge in [0.2, 0.25) is 0 Å². The molecule has 0 spiro atoms. The van der Waals surface area contributed by atoms with Crippen LogP contribution in [0.3, 0.4) is 0 Å². The average molecular weight is 347 g/mol. The van der Waals surface area contributed by atoms with Gasteiger partial charge in [0.05, 0.1) is 12.7 Å². The van der Waals surface area contributed by atoms with Crippen LogP contribution in [-0.2, 0) is 16.1 Å². The van der Waals surface area contributed by atoms with Gasteiger partial charge in [0, 0.05) is 13.0 Å². The Hall–Kier alpha value is -1.64. The molecule has 1 aliphatic heterocycles. The lowest BCUT2D eigenvalue weighted by Gasteiger charge is -2.45. The first kappa shape index (κ1) is 18.7. The Morgan fingerprint density at radius 2 is 1.92 bits per heavy atom. The third-order valence-corrected chi connectivity index (χ3v) is 4.05. The third-order valence-electron chi connectivity index (χ3n) is 4.05. The molecule has 2 N–H and O–H groups in total. The van der Waals surface area contributed by atoms with Gasteiger partial charge in [-0.05, 0) is 12.5 Å². The summed E-state index contributed by atoms with van der Waals surface area (Å²) in [7, 11) is 0. The highest BCUT2D eigenvalue weighted by molar-refractivity contribution is 5.77. The number of ether oxygens (including phenoxy) is 1. The van der Waals surface area contributed by atoms with Crippen molar-refractivity contribution in [2.45, 2.75) is 50.4 Å². The van der Waals surface area contributed by atoms with Crippen molar-refractivity contribution in [1.82, 2.24) is 4.90 Å². The predicted octanol–water partition coefficient (Wildman–Crippen LogP) is 1.48. The minimum atomic E-state index is -4.65. The van der Waals surface area contributed by atoms with Gasteiger partial charge in [0.15, 0.2) is 0 Å². The molecule has 0 bridgehead atoms. The van der Waals surface area contributed by atoms with Crippen LogP contribution in [0.1, 0.15) is 18.9 Å². The number of aliphatic hydroxyl groups is 2. The first-order chi connectivity index (χ1) is 11.3. The predicted molar refractivity (Wildman–Crippen MR) is 78.9 cm³/mol. The number of rotatable bonds is 4. The Kier molecular flexibility index (Phi) is 5.84. The van der Waals surface area contributed by atoms with E-state index in [2.05, 4.69) is 0 Å². The number of carbonyl (C=O) groups excluding carboxylic acids is 1. The monoisotopic (exact) mass is 347 g/mol. The summed E-state index contributed by atoms with van der Waals surface area (Å²) in [6, 6.07) is 4.70. The van der Waals surface area contributed by atoms with Gasteiger partial charge in [0.25, 0.3) is 0 Å². The maximum Gasteiger partial charge on any atom is 0.404 e. The lowest BCUT2D eigenvalue weighted by atomic mass is 9.89. The molecule has 0 radical (unpaired) electrons. The summed E-state index contributed by atoms with van der Waals surface area (Å²) in [5.74, 6) is -0.978. The van der Waals surface area contributed by atoms with E-state index in [1.54, 1.807) is 30.3 Å². The second kappa shape index (κ2) is 7.50. The van der Waals surface area contributed by atoms with Crippen molar-refractivity contribution in [3.8, 4) is 0 Å². The molecule has 1 fully saturated rings. The van der Waals surface area contributed by atoms with Crippen LogP contribution in [-0.4, -0.2) is 58.2 Å². The molecule has 4 atom stereocenters. The summed E-state index contributed by atoms with van der Waals surface area (Å²) in [5, 5.41) is 19.9. The van der Waals surface area contributed by atoms with Crippen molar-refractivity contribution in [3.63, 3.8) is 0 Å². The van der Waals surface area contributed by atoms with Crippen LogP contribution in [0, 0.1) is 0 Å². The van der Waals surface area contributed by atoms with Crippen molar-refractivity contribution in [3.05, 3.63) is 35.9 Å². The van der Waals surface area contributed by atoms with E-state index in [1.165, 1.54) is 6.92 Å². The zero-order chi connectivity index (χ0) is 17.9. The van der Waals surface area contributed by atoms with Gasteiger partial charge in [-0.3, -0.25) is 9.69 Å². The van der Waals surface area contributed by atoms with Crippen LogP contribution in [0.5, 0.6) is 0 Å². The number of halogens is 3. The molecule has 2 rings (SSSR count). The van der Waals surface area contributed by atoms with Gasteiger partial charge in [-0.1, -0.05) is 30.3 Å². The van der Waals surface area contributed by atoms with Crippen LogP contribution in [0.2, 0.25) is 0 Å². The topological polar surface area (TPSA) is 70.0 Å². The minimum Gasteiger partial charge on any atom is -0.465 e. The van der Waals surface area contributed by atoms with E-state index in [9.17, 15) is 28.2 Å². The van der Waals surface area contributed by atoms with E-state index in [-0.39, 0.29) is 13.2 Å². The lowest BCUT2D eigenvalue weighted by molar-refractivity contribution is -0.230. The number of carbonyl (C=O) groups is 1. The molecule has 0 amide bonds. The molecule has 0 aliphatic carbocycles. The van der Waals surface area contributed by atoms with Gasteiger partial charge in [0.1, 0.15) is 18.2 Å². The Bertz CT molecular complexity index is 552. The highest BCUT2D eigenvalue weighted by atomic mass is 19.4. The number of benzene rings is 1. The maximum absolute atomic E-state index is 13.4. The lowest BCUT2D eigenvalue weighted by Crippen LogP contribution is -2.65. The Labute approximate surface area is 137 Å². The number of hydrogen-bond donors (Lipinski definition) is 2. The smallest absolute Gasteiger partial charge is 0.404 e. The fraction of sp³-hybridized carbons (Fsp3) is 0.562. The first-order valence-corrected chi connectivity index (χ1v) is 7.64. The van der Waals surface area contributed by atoms with Gasteiger partial charge >= 0.3 is 12.1 Å². The molecule has 1 heterocycles. The molecule has 0 aromatic heterocycles. The van der Waals surface area contributed by atoms with Crippen LogP contribution < -0.4 is 0 Å². The standard InChI is InChI=1S/C16H20F3NO4/c1-2-24-15(23)13-14(22)11(21)8-12(16(17,18)19)20(13)9-10-6-4-3-5-7-10/h3-7,11-14,21-22H,2,8-9H2,1H3/t11-,12-,13-,14-/m0/s1. The highest BCUT2D eigenvalue weighted by Gasteiger charge is 2.55. The minimum absolute atomic E-state index is 0.0337. The molecule has 0 unspecified atom stereocenters. The molecule has 8 heteroatoms. The van der Waals surface area contributed by atoms with Crippen LogP contribution in [0.15, 0.2) is 30.3 Å². The van der Waals surface area contributed by atoms with Crippen LogP contribution in [0.4, 0.5) is 13.2 Å². The van der Waals surface area contributed by atoms with Gasteiger partial charge in [-0.2, -0.15) is 13.2 Å². The van der Waals surface area contributed by atoms with E-state index >= 15 is 0 Å². The van der Waals surface area contributed by atoms with Crippen molar-refractivity contribution < 1.29 is 32.9 Å². The van der Waals surface area contributed by atoms with Crippen LogP contribution in [0.25, 0.3) is 0 Å². The largest absolute Gasteiger partial charge is 0.465 e. The van der Waals surface area contributed by atoms with Gasteiger partial charge in [-0.15, -0.1) is 0 Å². The van der Waals surface area contributed by atoms with Gasteiger partial charge < -0.3 is 14.9 Å². The number of hydrogen-bond acceptors (Lipinski definition) is 5. The number of nitrogens with zero attached hydrogens (tertiary/aromatic N) is 1. The fourth-order valence-corrected chi connectivity index (χ4v) is 2.93. The average Bonchev–Trinajstić information content (AvgIpc) is 2.51. The van der Waals surface area contributed by atoms with E-state index in [1.807, 2.05) is 0 Å². The highest BCUT2D eigenvalue weighted by Crippen LogP contribution is 2.36. The van der Waals surface area contributed by atoms with Crippen molar-refractivity contribution in [2.75, 3.05) is 6.61 Å². The Morgan fingerprint density at radius 1 is 1.29 bits per heavy atom. The first-order valence-electron chi connectivity index (χ1n) is 7.64. The normalized spacial score (nSPS) is 28.6. The molecule has 24 heavy (non-hydrogen) atoms. The molecule has 134 valence electrons. The summed E-state index contributed by atoms with van der Waals surface area (Å²) in [6.07, 6.45) is -8.65. The molecule has 1 aromatic carbocycles. The molecule has 1 saturated heterocycles. The van der Waals surface area contributed by atoms with Crippen molar-refractivity contribution >= 4 is 5.97 Å². The quantitative estimate of drug-likeness (QED) is 0.808. The molecule has 0 saturated carbocycles. The molecular weight excluding hydrogens is 327 g/mol. The Morgan fingerprint density at radius 3 is 2.46 bits per heavy atom. The van der Waals surface area contributed by atoms with Crippen LogP contribution >= 0.6 is 0 Å². The number of esters is 1. The maximum atomic E-state index is 13.4. The number of likely N-dealkylation sites (tertiary alicyclic amines) is 1. The summed E-state index contributed by atoms with van der Waals surface area (Å²) < 4.78 is 45.1. The second-order valence-corrected chi connectivity index (χ2v) is 5.71. The molecule has 5 nitrogen and oxygen atoms in total. The zero-order valence-corrected chi connectivity index (χ0v) is 13.1.